The van der Waals surface area contributed by atoms with E-state index in [2.05, 4.69) is 0 Å². The molecule has 0 spiro atoms. The van der Waals surface area contributed by atoms with Crippen LogP contribution in [0.15, 0.2) is 12.2 Å². The lowest BCUT2D eigenvalue weighted by Crippen LogP contribution is -2.30. The normalized spacial score (nSPS) is 21.0. The minimum atomic E-state index is -3.33. The van der Waals surface area contributed by atoms with Gasteiger partial charge in [-0.3, -0.25) is 14.4 Å². The van der Waals surface area contributed by atoms with Gasteiger partial charge in [0.2, 0.25) is 5.78 Å². The highest BCUT2D eigenvalue weighted by Crippen LogP contribution is 2.36. The van der Waals surface area contributed by atoms with E-state index in [1.807, 2.05) is 32.9 Å². The third-order valence-electron chi connectivity index (χ3n) is 6.47. The number of hydrogen-bond donors (Lipinski definition) is 1. The van der Waals surface area contributed by atoms with Gasteiger partial charge in [-0.05, 0) is 58.3 Å². The summed E-state index contributed by atoms with van der Waals surface area (Å²) in [6.45, 7) is 5.65. The number of carbonyl (C=O) groups is 3. The van der Waals surface area contributed by atoms with Crippen molar-refractivity contribution >= 4 is 17.5 Å². The number of Topliss-reactive ketones (excluding diaryl/α,β-unsaturated/α-hetero) is 2. The molecule has 1 fully saturated rings. The number of esters is 1. The number of alkyl halides is 2. The molecular weight excluding hydrogens is 442 g/mol. The molecule has 0 radical (unpaired) electrons. The van der Waals surface area contributed by atoms with Gasteiger partial charge in [0, 0.05) is 31.6 Å². The van der Waals surface area contributed by atoms with E-state index in [1.54, 1.807) is 0 Å². The molecule has 0 bridgehead atoms. The van der Waals surface area contributed by atoms with E-state index in [-0.39, 0.29) is 37.1 Å². The maximum atomic E-state index is 14.1. The highest BCUT2D eigenvalue weighted by molar-refractivity contribution is 5.86. The van der Waals surface area contributed by atoms with Gasteiger partial charge in [-0.1, -0.05) is 44.8 Å². The fourth-order valence-electron chi connectivity index (χ4n) is 4.50. The summed E-state index contributed by atoms with van der Waals surface area (Å²) in [7, 11) is 0. The minimum absolute atomic E-state index is 0.0251. The van der Waals surface area contributed by atoms with Gasteiger partial charge in [0.05, 0.1) is 12.2 Å². The summed E-state index contributed by atoms with van der Waals surface area (Å²) in [6, 6.07) is 0. The topological polar surface area (TPSA) is 80.7 Å². The molecule has 1 rings (SSSR count). The fraction of sp³-hybridized carbons (Fsp3) is 0.815. The highest BCUT2D eigenvalue weighted by Gasteiger charge is 2.43. The maximum Gasteiger partial charge on any atom is 0.306 e. The molecule has 0 saturated heterocycles. The predicted octanol–water partition coefficient (Wildman–Crippen LogP) is 6.36. The van der Waals surface area contributed by atoms with Crippen molar-refractivity contribution in [2.75, 3.05) is 0 Å². The average molecular weight is 487 g/mol. The van der Waals surface area contributed by atoms with Crippen molar-refractivity contribution in [3.05, 3.63) is 12.2 Å². The molecule has 0 aromatic heterocycles. The van der Waals surface area contributed by atoms with E-state index in [1.165, 1.54) is 0 Å². The number of allylic oxidation sites excluding steroid dienone is 2. The van der Waals surface area contributed by atoms with Crippen molar-refractivity contribution < 1.29 is 33.0 Å². The molecule has 0 unspecified atom stereocenters. The second-order valence-corrected chi connectivity index (χ2v) is 9.83. The van der Waals surface area contributed by atoms with Crippen molar-refractivity contribution in [1.29, 1.82) is 0 Å². The van der Waals surface area contributed by atoms with Gasteiger partial charge in [-0.25, -0.2) is 0 Å². The Balaban J connectivity index is 2.38. The molecule has 1 N–H and O–H groups in total. The molecule has 3 atom stereocenters. The Morgan fingerprint density at radius 3 is 2.47 bits per heavy atom. The van der Waals surface area contributed by atoms with Crippen molar-refractivity contribution in [3.8, 4) is 0 Å². The van der Waals surface area contributed by atoms with Gasteiger partial charge in [-0.2, -0.15) is 8.78 Å². The number of aliphatic hydroxyl groups is 1. The largest absolute Gasteiger partial charge is 0.463 e. The Morgan fingerprint density at radius 1 is 1.09 bits per heavy atom. The zero-order chi connectivity index (χ0) is 25.6. The first-order chi connectivity index (χ1) is 16.1. The molecule has 0 aliphatic heterocycles. The number of carbonyl (C=O) groups excluding carboxylic acids is 3. The van der Waals surface area contributed by atoms with Gasteiger partial charge in [0.1, 0.15) is 5.78 Å². The van der Waals surface area contributed by atoms with Crippen LogP contribution in [0.25, 0.3) is 0 Å². The number of ether oxygens (including phenoxy) is 1. The molecule has 1 saturated carbocycles. The Bertz CT molecular complexity index is 659. The van der Waals surface area contributed by atoms with Crippen LogP contribution < -0.4 is 0 Å². The lowest BCUT2D eigenvalue weighted by Gasteiger charge is -2.21. The zero-order valence-electron chi connectivity index (χ0n) is 21.2. The second kappa shape index (κ2) is 16.1. The molecule has 0 aromatic carbocycles. The molecule has 0 heterocycles. The fourth-order valence-corrected chi connectivity index (χ4v) is 4.50. The van der Waals surface area contributed by atoms with Gasteiger partial charge < -0.3 is 9.84 Å². The Labute approximate surface area is 203 Å². The summed E-state index contributed by atoms with van der Waals surface area (Å²) in [5, 5.41) is 10.3. The monoisotopic (exact) mass is 486 g/mol. The first-order valence-corrected chi connectivity index (χ1v) is 13.0. The van der Waals surface area contributed by atoms with Crippen LogP contribution >= 0.6 is 0 Å². The van der Waals surface area contributed by atoms with E-state index in [4.69, 9.17) is 4.74 Å². The molecule has 1 aliphatic carbocycles. The molecule has 196 valence electrons. The molecule has 0 amide bonds. The van der Waals surface area contributed by atoms with Crippen LogP contribution in [0.5, 0.6) is 0 Å². The van der Waals surface area contributed by atoms with Crippen molar-refractivity contribution in [2.24, 2.45) is 11.8 Å². The molecule has 34 heavy (non-hydrogen) atoms. The minimum Gasteiger partial charge on any atom is -0.463 e. The summed E-state index contributed by atoms with van der Waals surface area (Å²) in [5.74, 6) is -5.54. The van der Waals surface area contributed by atoms with Crippen molar-refractivity contribution in [1.82, 2.24) is 0 Å². The summed E-state index contributed by atoms with van der Waals surface area (Å²) in [5.41, 5.74) is 0. The van der Waals surface area contributed by atoms with Crippen LogP contribution in [0.1, 0.15) is 111 Å². The Kier molecular flexibility index (Phi) is 14.4. The van der Waals surface area contributed by atoms with E-state index < -0.39 is 36.1 Å². The van der Waals surface area contributed by atoms with Gasteiger partial charge in [-0.15, -0.1) is 0 Å². The van der Waals surface area contributed by atoms with Crippen LogP contribution in [0.4, 0.5) is 8.78 Å². The summed E-state index contributed by atoms with van der Waals surface area (Å²) in [6.07, 6.45) is 9.41. The third kappa shape index (κ3) is 11.7. The second-order valence-electron chi connectivity index (χ2n) is 9.83. The Morgan fingerprint density at radius 2 is 1.79 bits per heavy atom. The average Bonchev–Trinajstić information content (AvgIpc) is 3.02. The maximum absolute atomic E-state index is 14.1. The van der Waals surface area contributed by atoms with Gasteiger partial charge >= 0.3 is 11.9 Å². The van der Waals surface area contributed by atoms with E-state index >= 15 is 0 Å². The quantitative estimate of drug-likeness (QED) is 0.139. The molecule has 0 aromatic rings. The lowest BCUT2D eigenvalue weighted by molar-refractivity contribution is -0.147. The smallest absolute Gasteiger partial charge is 0.306 e. The predicted molar refractivity (Wildman–Crippen MR) is 129 cm³/mol. The van der Waals surface area contributed by atoms with Crippen LogP contribution in [0, 0.1) is 11.8 Å². The van der Waals surface area contributed by atoms with Crippen LogP contribution in [-0.4, -0.2) is 40.8 Å². The number of rotatable bonds is 18. The zero-order valence-corrected chi connectivity index (χ0v) is 21.2. The first kappa shape index (κ1) is 30.4. The molecule has 5 nitrogen and oxygen atoms in total. The van der Waals surface area contributed by atoms with E-state index in [0.717, 1.165) is 38.5 Å². The van der Waals surface area contributed by atoms with Gasteiger partial charge in [0.15, 0.2) is 0 Å². The van der Waals surface area contributed by atoms with Crippen molar-refractivity contribution in [3.63, 3.8) is 0 Å². The number of halogens is 2. The summed E-state index contributed by atoms with van der Waals surface area (Å²) >= 11 is 0. The number of aliphatic hydroxyl groups excluding tert-OH is 1. The highest BCUT2D eigenvalue weighted by atomic mass is 19.3. The van der Waals surface area contributed by atoms with Crippen LogP contribution in [0.2, 0.25) is 0 Å². The molecular formula is C27H44F2O5. The van der Waals surface area contributed by atoms with E-state index in [0.29, 0.717) is 25.7 Å². The number of unbranched alkanes of at least 4 members (excludes halogenated alkanes) is 6. The first-order valence-electron chi connectivity index (χ1n) is 13.0. The van der Waals surface area contributed by atoms with Crippen molar-refractivity contribution in [2.45, 2.75) is 129 Å². The molecule has 1 aliphatic rings. The van der Waals surface area contributed by atoms with Crippen LogP contribution in [-0.2, 0) is 19.1 Å². The summed E-state index contributed by atoms with van der Waals surface area (Å²) < 4.78 is 33.4. The standard InChI is InChI=1S/C27H44F2O5/c1-4-5-6-13-18-27(28,29)25(32)17-16-22-21(23(30)19-24(22)31)14-11-9-7-8-10-12-15-26(33)34-20(2)3/h9,11,20-22,24,31H,4-8,10,12-19H2,1-3H3/b11-9-/t21-,22-,24-/m1/s1. The summed E-state index contributed by atoms with van der Waals surface area (Å²) in [4.78, 5) is 35.9. The van der Waals surface area contributed by atoms with Crippen LogP contribution in [0.3, 0.4) is 0 Å². The van der Waals surface area contributed by atoms with Gasteiger partial charge in [0.25, 0.3) is 0 Å². The number of hydrogen-bond acceptors (Lipinski definition) is 5. The Hall–Kier alpha value is -1.63. The van der Waals surface area contributed by atoms with E-state index in [9.17, 15) is 28.3 Å². The number of ketones is 2. The molecule has 7 heteroatoms. The lowest BCUT2D eigenvalue weighted by atomic mass is 9.86. The SMILES string of the molecule is CCCCCCC(F)(F)C(=O)CC[C@H]1[C@H](O)CC(=O)[C@@H]1C/C=C\CCCCCC(=O)OC(C)C. The third-order valence-corrected chi connectivity index (χ3v) is 6.47.